The van der Waals surface area contributed by atoms with E-state index in [2.05, 4.69) is 0 Å². The summed E-state index contributed by atoms with van der Waals surface area (Å²) in [6, 6.07) is 5.97. The Labute approximate surface area is 210 Å². The molecule has 1 aromatic rings. The number of rotatable bonds is 6. The van der Waals surface area contributed by atoms with E-state index in [4.69, 9.17) is 30.2 Å². The third kappa shape index (κ3) is 7.87. The van der Waals surface area contributed by atoms with Crippen LogP contribution in [0.3, 0.4) is 0 Å². The van der Waals surface area contributed by atoms with Crippen molar-refractivity contribution in [3.63, 3.8) is 0 Å². The lowest BCUT2D eigenvalue weighted by Crippen LogP contribution is -2.36. The van der Waals surface area contributed by atoms with Crippen molar-refractivity contribution < 1.29 is 38.9 Å². The van der Waals surface area contributed by atoms with E-state index in [1.165, 1.54) is 25.3 Å². The van der Waals surface area contributed by atoms with Crippen molar-refractivity contribution in [2.45, 2.75) is 46.5 Å². The SMILES string of the molecule is CCO.CCO.COCCOC(=O)C1=C(N)OC2=C(C(=O)CC(C)(C)C2)C1c1ccccc1[N+](=O)[O-]. The highest BCUT2D eigenvalue weighted by molar-refractivity contribution is 6.04. The van der Waals surface area contributed by atoms with Gasteiger partial charge in [-0.05, 0) is 19.3 Å². The molecule has 0 bridgehead atoms. The van der Waals surface area contributed by atoms with Crippen molar-refractivity contribution in [1.29, 1.82) is 0 Å². The van der Waals surface area contributed by atoms with Crippen LogP contribution in [0, 0.1) is 15.5 Å². The lowest BCUT2D eigenvalue weighted by Gasteiger charge is -2.37. The first-order chi connectivity index (χ1) is 17.0. The fourth-order valence-corrected chi connectivity index (χ4v) is 3.89. The predicted molar refractivity (Wildman–Crippen MR) is 132 cm³/mol. The summed E-state index contributed by atoms with van der Waals surface area (Å²) in [4.78, 5) is 37.1. The van der Waals surface area contributed by atoms with E-state index in [0.717, 1.165) is 0 Å². The number of allylic oxidation sites excluding steroid dienone is 2. The summed E-state index contributed by atoms with van der Waals surface area (Å²) in [6.45, 7) is 7.83. The average molecular weight is 509 g/mol. The zero-order valence-electron chi connectivity index (χ0n) is 21.4. The largest absolute Gasteiger partial charge is 0.460 e. The molecule has 200 valence electrons. The number of para-hydroxylation sites is 1. The number of aliphatic hydroxyl groups excluding tert-OH is 2. The number of hydrogen-bond acceptors (Lipinski definition) is 10. The molecule has 1 aliphatic carbocycles. The molecule has 0 radical (unpaired) electrons. The molecule has 4 N–H and O–H groups in total. The van der Waals surface area contributed by atoms with Crippen LogP contribution in [0.2, 0.25) is 0 Å². The van der Waals surface area contributed by atoms with Crippen LogP contribution in [0.15, 0.2) is 47.1 Å². The number of nitrogens with zero attached hydrogens (tertiary/aromatic N) is 1. The van der Waals surface area contributed by atoms with Gasteiger partial charge >= 0.3 is 5.97 Å². The van der Waals surface area contributed by atoms with Crippen molar-refractivity contribution in [3.05, 3.63) is 62.7 Å². The number of esters is 1. The molecular weight excluding hydrogens is 472 g/mol. The van der Waals surface area contributed by atoms with Crippen LogP contribution in [0.25, 0.3) is 0 Å². The molecule has 2 aliphatic rings. The molecule has 0 saturated carbocycles. The quantitative estimate of drug-likeness (QED) is 0.224. The zero-order valence-corrected chi connectivity index (χ0v) is 21.4. The van der Waals surface area contributed by atoms with Gasteiger partial charge in [-0.15, -0.1) is 0 Å². The second kappa shape index (κ2) is 14.3. The number of ether oxygens (including phenoxy) is 3. The lowest BCUT2D eigenvalue weighted by molar-refractivity contribution is -0.385. The van der Waals surface area contributed by atoms with Gasteiger partial charge in [0.1, 0.15) is 17.9 Å². The maximum Gasteiger partial charge on any atom is 0.340 e. The number of benzene rings is 1. The molecule has 1 atom stereocenters. The first kappa shape index (κ1) is 30.8. The third-order valence-electron chi connectivity index (χ3n) is 5.14. The van der Waals surface area contributed by atoms with Gasteiger partial charge in [0.25, 0.3) is 5.69 Å². The monoisotopic (exact) mass is 508 g/mol. The van der Waals surface area contributed by atoms with Crippen LogP contribution in [-0.4, -0.2) is 60.4 Å². The van der Waals surface area contributed by atoms with Crippen LogP contribution in [0.4, 0.5) is 5.69 Å². The number of Topliss-reactive ketones (excluding diaryl/α,β-unsaturated/α-hetero) is 1. The molecule has 1 aromatic carbocycles. The minimum atomic E-state index is -1.05. The molecule has 0 aromatic heterocycles. The number of nitrogens with two attached hydrogens (primary N) is 1. The van der Waals surface area contributed by atoms with Crippen LogP contribution in [-0.2, 0) is 23.8 Å². The zero-order chi connectivity index (χ0) is 27.5. The van der Waals surface area contributed by atoms with E-state index < -0.39 is 16.8 Å². The Morgan fingerprint density at radius 3 is 2.33 bits per heavy atom. The Kier molecular flexibility index (Phi) is 12.2. The summed E-state index contributed by atoms with van der Waals surface area (Å²) in [6.07, 6.45) is 0.635. The van der Waals surface area contributed by atoms with Gasteiger partial charge in [0.15, 0.2) is 5.78 Å². The number of carbonyl (C=O) groups is 2. The first-order valence-corrected chi connectivity index (χ1v) is 11.5. The average Bonchev–Trinajstić information content (AvgIpc) is 2.78. The van der Waals surface area contributed by atoms with Gasteiger partial charge in [-0.2, -0.15) is 0 Å². The Hall–Kier alpha value is -3.28. The molecule has 0 amide bonds. The summed E-state index contributed by atoms with van der Waals surface area (Å²) in [5, 5.41) is 26.8. The molecule has 1 heterocycles. The number of ketones is 1. The van der Waals surface area contributed by atoms with Crippen molar-refractivity contribution in [3.8, 4) is 0 Å². The van der Waals surface area contributed by atoms with Crippen molar-refractivity contribution >= 4 is 17.4 Å². The Balaban J connectivity index is 0.000000982. The van der Waals surface area contributed by atoms with Gasteiger partial charge in [-0.1, -0.05) is 32.0 Å². The molecule has 0 saturated heterocycles. The summed E-state index contributed by atoms with van der Waals surface area (Å²) >= 11 is 0. The van der Waals surface area contributed by atoms with Gasteiger partial charge in [0, 0.05) is 50.4 Å². The minimum absolute atomic E-state index is 0.0391. The number of nitro groups is 1. The van der Waals surface area contributed by atoms with E-state index in [1.807, 2.05) is 13.8 Å². The van der Waals surface area contributed by atoms with Crippen molar-refractivity contribution in [2.75, 3.05) is 33.5 Å². The topological polar surface area (TPSA) is 171 Å². The minimum Gasteiger partial charge on any atom is -0.460 e. The fraction of sp³-hybridized carbons (Fsp3) is 0.520. The highest BCUT2D eigenvalue weighted by Crippen LogP contribution is 2.49. The maximum atomic E-state index is 13.1. The van der Waals surface area contributed by atoms with Gasteiger partial charge in [0.2, 0.25) is 5.88 Å². The van der Waals surface area contributed by atoms with Crippen LogP contribution < -0.4 is 5.73 Å². The second-order valence-corrected chi connectivity index (χ2v) is 8.67. The Morgan fingerprint density at radius 2 is 1.78 bits per heavy atom. The van der Waals surface area contributed by atoms with Crippen molar-refractivity contribution in [1.82, 2.24) is 0 Å². The summed E-state index contributed by atoms with van der Waals surface area (Å²) in [7, 11) is 1.46. The van der Waals surface area contributed by atoms with E-state index in [0.29, 0.717) is 12.2 Å². The molecule has 11 nitrogen and oxygen atoms in total. The van der Waals surface area contributed by atoms with Crippen LogP contribution >= 0.6 is 0 Å². The standard InChI is InChI=1S/C21H24N2O7.2C2H6O/c1-21(2)10-14(24)17-15(11-21)30-19(22)18(20(25)29-9-8-28-3)16(17)12-6-4-5-7-13(12)23(26)27;2*1-2-3/h4-7,16H,8-11,22H2,1-3H3;2*3H,2H2,1H3. The number of aliphatic hydroxyl groups is 2. The van der Waals surface area contributed by atoms with Crippen molar-refractivity contribution in [2.24, 2.45) is 11.1 Å². The molecule has 11 heteroatoms. The maximum absolute atomic E-state index is 13.1. The molecule has 0 fully saturated rings. The first-order valence-electron chi connectivity index (χ1n) is 11.5. The van der Waals surface area contributed by atoms with E-state index in [1.54, 1.807) is 19.9 Å². The number of carbonyl (C=O) groups excluding carboxylic acids is 2. The third-order valence-corrected chi connectivity index (χ3v) is 5.14. The van der Waals surface area contributed by atoms with Gasteiger partial charge in [-0.25, -0.2) is 4.79 Å². The molecule has 0 spiro atoms. The lowest BCUT2D eigenvalue weighted by atomic mass is 9.70. The van der Waals surface area contributed by atoms with Gasteiger partial charge < -0.3 is 30.2 Å². The van der Waals surface area contributed by atoms with E-state index >= 15 is 0 Å². The van der Waals surface area contributed by atoms with Crippen LogP contribution in [0.1, 0.15) is 52.0 Å². The van der Waals surface area contributed by atoms with Gasteiger partial charge in [-0.3, -0.25) is 14.9 Å². The molecular formula is C25H36N2O9. The predicted octanol–water partition coefficient (Wildman–Crippen LogP) is 2.71. The van der Waals surface area contributed by atoms with E-state index in [9.17, 15) is 19.7 Å². The smallest absolute Gasteiger partial charge is 0.340 e. The molecule has 1 unspecified atom stereocenters. The fourth-order valence-electron chi connectivity index (χ4n) is 3.89. The number of methoxy groups -OCH3 is 1. The molecule has 36 heavy (non-hydrogen) atoms. The number of hydrogen-bond donors (Lipinski definition) is 3. The van der Waals surface area contributed by atoms with Crippen LogP contribution in [0.5, 0.6) is 0 Å². The normalized spacial score (nSPS) is 18.1. The summed E-state index contributed by atoms with van der Waals surface area (Å²) in [5.41, 5.74) is 5.80. The summed E-state index contributed by atoms with van der Waals surface area (Å²) in [5.74, 6) is -1.97. The molecule has 3 rings (SSSR count). The summed E-state index contributed by atoms with van der Waals surface area (Å²) < 4.78 is 15.8. The number of nitro benzene ring substituents is 1. The highest BCUT2D eigenvalue weighted by atomic mass is 16.6. The highest BCUT2D eigenvalue weighted by Gasteiger charge is 2.46. The Morgan fingerprint density at radius 1 is 1.19 bits per heavy atom. The van der Waals surface area contributed by atoms with Gasteiger partial charge in [0.05, 0.1) is 17.4 Å². The van der Waals surface area contributed by atoms with E-state index in [-0.39, 0.29) is 72.3 Å². The molecule has 1 aliphatic heterocycles. The Bertz CT molecular complexity index is 997. The second-order valence-electron chi connectivity index (χ2n) is 8.67.